The predicted molar refractivity (Wildman–Crippen MR) is 198 cm³/mol. The van der Waals surface area contributed by atoms with Gasteiger partial charge in [-0.1, -0.05) is 19.9 Å². The molecule has 2 aliphatic carbocycles. The summed E-state index contributed by atoms with van der Waals surface area (Å²) in [4.78, 5) is 52.3. The third-order valence-corrected chi connectivity index (χ3v) is 13.1. The Hall–Kier alpha value is -4.24. The number of likely N-dealkylation sites (tertiary alicyclic amines) is 1. The second kappa shape index (κ2) is 13.3. The molecule has 1 aromatic carbocycles. The smallest absolute Gasteiger partial charge is 0.411 e. The Kier molecular flexibility index (Phi) is 9.60. The number of benzene rings is 1. The zero-order valence-electron chi connectivity index (χ0n) is 30.9. The minimum Gasteiger partial charge on any atom is -0.496 e. The Bertz CT molecular complexity index is 2050. The summed E-state index contributed by atoms with van der Waals surface area (Å²) >= 11 is 1.48. The highest BCUT2D eigenvalue weighted by molar-refractivity contribution is 7.91. The fourth-order valence-electron chi connectivity index (χ4n) is 6.43. The van der Waals surface area contributed by atoms with Crippen LogP contribution in [0.3, 0.4) is 0 Å². The van der Waals surface area contributed by atoms with Gasteiger partial charge in [-0.15, -0.1) is 17.9 Å². The first-order valence-electron chi connectivity index (χ1n) is 17.4. The van der Waals surface area contributed by atoms with Gasteiger partial charge >= 0.3 is 6.09 Å². The molecule has 6 rings (SSSR count). The Balaban J connectivity index is 1.31. The van der Waals surface area contributed by atoms with Crippen LogP contribution < -0.4 is 19.5 Å². The Morgan fingerprint density at radius 2 is 1.87 bits per heavy atom. The Morgan fingerprint density at radius 3 is 2.44 bits per heavy atom. The minimum absolute atomic E-state index is 0.00680. The van der Waals surface area contributed by atoms with E-state index in [0.29, 0.717) is 40.9 Å². The average Bonchev–Trinajstić information content (AvgIpc) is 3.84. The van der Waals surface area contributed by atoms with Gasteiger partial charge in [0.15, 0.2) is 0 Å². The third kappa shape index (κ3) is 7.08. The number of methoxy groups -OCH3 is 1. The molecule has 3 fully saturated rings. The number of nitrogens with zero attached hydrogens (tertiary/aromatic N) is 3. The summed E-state index contributed by atoms with van der Waals surface area (Å²) in [5, 5.41) is 6.25. The monoisotopic (exact) mass is 753 g/mol. The molecule has 13 nitrogen and oxygen atoms in total. The number of sulfonamides is 1. The van der Waals surface area contributed by atoms with E-state index < -0.39 is 61.9 Å². The summed E-state index contributed by atoms with van der Waals surface area (Å²) in [5.74, 6) is -0.559. The van der Waals surface area contributed by atoms with Gasteiger partial charge in [0, 0.05) is 34.7 Å². The molecule has 1 saturated heterocycles. The summed E-state index contributed by atoms with van der Waals surface area (Å²) in [7, 11) is -2.37. The van der Waals surface area contributed by atoms with E-state index in [0.717, 1.165) is 16.3 Å². The molecule has 280 valence electrons. The second-order valence-electron chi connectivity index (χ2n) is 15.5. The van der Waals surface area contributed by atoms with Crippen LogP contribution in [-0.4, -0.2) is 82.9 Å². The van der Waals surface area contributed by atoms with E-state index in [1.54, 1.807) is 34.8 Å². The van der Waals surface area contributed by atoms with Gasteiger partial charge in [0.05, 0.1) is 29.6 Å². The molecular weight excluding hydrogens is 707 g/mol. The number of nitrogens with one attached hydrogen (secondary N) is 2. The topological polar surface area (TPSA) is 166 Å². The SMILES string of the molecule is C=C[C@@H]1C[C@]1(NC(=O)[C@@H]1C[C@@H](Oc2cc(-c3nc(C(C)C)cs3)nc3c(C)c(OC)ccc23)CN1C(=O)OC(C)(C)C)C(=O)NS(=O)(=O)C1(C)CC1. The molecule has 0 spiro atoms. The molecule has 3 amide bonds. The van der Waals surface area contributed by atoms with Crippen molar-refractivity contribution >= 4 is 50.2 Å². The molecule has 52 heavy (non-hydrogen) atoms. The van der Waals surface area contributed by atoms with Crippen molar-refractivity contribution in [3.63, 3.8) is 0 Å². The van der Waals surface area contributed by atoms with Crippen LogP contribution in [0.2, 0.25) is 0 Å². The molecule has 0 radical (unpaired) electrons. The number of carbonyl (C=O) groups is 3. The lowest BCUT2D eigenvalue weighted by atomic mass is 10.1. The summed E-state index contributed by atoms with van der Waals surface area (Å²) < 4.78 is 45.0. The second-order valence-corrected chi connectivity index (χ2v) is 18.6. The van der Waals surface area contributed by atoms with Crippen LogP contribution in [0.5, 0.6) is 11.5 Å². The van der Waals surface area contributed by atoms with Crippen molar-refractivity contribution < 1.29 is 37.0 Å². The van der Waals surface area contributed by atoms with E-state index in [1.165, 1.54) is 22.3 Å². The fourth-order valence-corrected chi connectivity index (χ4v) is 8.68. The number of ether oxygens (including phenoxy) is 3. The zero-order valence-corrected chi connectivity index (χ0v) is 32.5. The lowest BCUT2D eigenvalue weighted by Gasteiger charge is -2.29. The number of aryl methyl sites for hydroxylation is 1. The first kappa shape index (κ1) is 37.5. The maximum Gasteiger partial charge on any atom is 0.411 e. The molecule has 0 unspecified atom stereocenters. The number of fused-ring (bicyclic) bond motifs is 1. The van der Waals surface area contributed by atoms with Gasteiger partial charge in [-0.2, -0.15) is 0 Å². The zero-order chi connectivity index (χ0) is 38.0. The van der Waals surface area contributed by atoms with Crippen LogP contribution in [0.15, 0.2) is 36.2 Å². The van der Waals surface area contributed by atoms with Crippen molar-refractivity contribution in [1.29, 1.82) is 0 Å². The first-order valence-corrected chi connectivity index (χ1v) is 19.8. The minimum atomic E-state index is -3.96. The molecule has 3 aromatic rings. The maximum atomic E-state index is 14.1. The van der Waals surface area contributed by atoms with Crippen molar-refractivity contribution in [3.8, 4) is 22.2 Å². The number of carbonyl (C=O) groups excluding carboxylic acids is 3. The summed E-state index contributed by atoms with van der Waals surface area (Å²) in [6.45, 7) is 16.6. The summed E-state index contributed by atoms with van der Waals surface area (Å²) in [6.07, 6.45) is 1.26. The molecule has 3 heterocycles. The van der Waals surface area contributed by atoms with E-state index in [1.807, 2.05) is 30.5 Å². The van der Waals surface area contributed by atoms with Crippen molar-refractivity contribution in [2.24, 2.45) is 5.92 Å². The highest BCUT2D eigenvalue weighted by Crippen LogP contribution is 2.47. The van der Waals surface area contributed by atoms with Gasteiger partial charge < -0.3 is 19.5 Å². The first-order chi connectivity index (χ1) is 24.3. The van der Waals surface area contributed by atoms with E-state index in [-0.39, 0.29) is 25.3 Å². The van der Waals surface area contributed by atoms with Gasteiger partial charge in [-0.25, -0.2) is 23.2 Å². The summed E-state index contributed by atoms with van der Waals surface area (Å²) in [5.41, 5.74) is 0.658. The molecule has 1 aliphatic heterocycles. The van der Waals surface area contributed by atoms with Gasteiger partial charge in [-0.3, -0.25) is 19.2 Å². The van der Waals surface area contributed by atoms with Crippen LogP contribution in [0, 0.1) is 12.8 Å². The number of hydrogen-bond acceptors (Lipinski definition) is 11. The number of aromatic nitrogens is 2. The van der Waals surface area contributed by atoms with Crippen molar-refractivity contribution in [2.75, 3.05) is 13.7 Å². The predicted octanol–water partition coefficient (Wildman–Crippen LogP) is 5.61. The number of pyridine rings is 1. The molecule has 2 saturated carbocycles. The number of hydrogen-bond donors (Lipinski definition) is 2. The number of amides is 3. The van der Waals surface area contributed by atoms with Crippen LogP contribution in [-0.2, 0) is 24.3 Å². The standard InChI is InChI=1S/C37H47N5O8S2/c1-10-22-17-37(22,33(44)41-52(46,47)36(8)13-14-36)40-31(43)27-15-23(18-42(27)34(45)50-35(5,6)7)49-29-16-25(32-39-26(19-51-32)20(2)3)38-30-21(4)28(48-9)12-11-24(29)30/h10-12,16,19-20,22-23,27H,1,13-15,17-18H2,2-9H3,(H,40,43)(H,41,44)/t22-,23-,27+,37-/m1/s1. The van der Waals surface area contributed by atoms with E-state index in [2.05, 4.69) is 30.5 Å². The molecule has 4 atom stereocenters. The van der Waals surface area contributed by atoms with Crippen LogP contribution in [0.4, 0.5) is 4.79 Å². The van der Waals surface area contributed by atoms with Gasteiger partial charge in [0.2, 0.25) is 15.9 Å². The van der Waals surface area contributed by atoms with Gasteiger partial charge in [-0.05, 0) is 71.9 Å². The lowest BCUT2D eigenvalue weighted by Crippen LogP contribution is -2.57. The number of rotatable bonds is 11. The van der Waals surface area contributed by atoms with Gasteiger partial charge in [0.25, 0.3) is 5.91 Å². The highest BCUT2D eigenvalue weighted by atomic mass is 32.2. The maximum absolute atomic E-state index is 14.1. The molecule has 2 N–H and O–H groups in total. The van der Waals surface area contributed by atoms with Crippen LogP contribution in [0.25, 0.3) is 21.6 Å². The Labute approximate surface area is 308 Å². The van der Waals surface area contributed by atoms with E-state index in [9.17, 15) is 22.8 Å². The van der Waals surface area contributed by atoms with Crippen molar-refractivity contribution in [2.45, 2.75) is 108 Å². The average molecular weight is 754 g/mol. The molecule has 3 aliphatic rings. The summed E-state index contributed by atoms with van der Waals surface area (Å²) in [6, 6.07) is 4.43. The highest BCUT2D eigenvalue weighted by Gasteiger charge is 2.63. The Morgan fingerprint density at radius 1 is 1.15 bits per heavy atom. The molecule has 2 aromatic heterocycles. The molecule has 15 heteroatoms. The van der Waals surface area contributed by atoms with E-state index >= 15 is 0 Å². The van der Waals surface area contributed by atoms with Crippen molar-refractivity contribution in [1.82, 2.24) is 24.9 Å². The van der Waals surface area contributed by atoms with E-state index in [4.69, 9.17) is 24.2 Å². The normalized spacial score (nSPS) is 23.6. The van der Waals surface area contributed by atoms with Crippen molar-refractivity contribution in [3.05, 3.63) is 47.5 Å². The lowest BCUT2D eigenvalue weighted by molar-refractivity contribution is -0.131. The number of thiazole rings is 1. The quantitative estimate of drug-likeness (QED) is 0.235. The third-order valence-electron chi connectivity index (χ3n) is 10.1. The molecular formula is C37H47N5O8S2. The van der Waals surface area contributed by atoms with Crippen LogP contribution in [0.1, 0.15) is 84.4 Å². The largest absolute Gasteiger partial charge is 0.496 e. The molecule has 0 bridgehead atoms. The van der Waals surface area contributed by atoms with Crippen LogP contribution >= 0.6 is 11.3 Å². The van der Waals surface area contributed by atoms with Gasteiger partial charge in [0.1, 0.15) is 45.5 Å². The fraction of sp³-hybridized carbons (Fsp3) is 0.541.